The van der Waals surface area contributed by atoms with Crippen LogP contribution < -0.4 is 0 Å². The van der Waals surface area contributed by atoms with Crippen LogP contribution in [0, 0.1) is 19.8 Å². The van der Waals surface area contributed by atoms with E-state index < -0.39 is 0 Å². The van der Waals surface area contributed by atoms with E-state index in [0.717, 1.165) is 42.0 Å². The normalized spacial score (nSPS) is 11.3. The number of nitrogens with one attached hydrogen (secondary N) is 1. The van der Waals surface area contributed by atoms with Crippen LogP contribution in [0.4, 0.5) is 0 Å². The first kappa shape index (κ1) is 18.2. The fourth-order valence-corrected chi connectivity index (χ4v) is 3.09. The summed E-state index contributed by atoms with van der Waals surface area (Å²) in [4.78, 5) is 14.7. The highest BCUT2D eigenvalue weighted by Crippen LogP contribution is 2.25. The van der Waals surface area contributed by atoms with E-state index in [1.165, 1.54) is 0 Å². The largest absolute Gasteiger partial charge is 0.337 e. The Morgan fingerprint density at radius 1 is 1.29 bits per heavy atom. The predicted octanol–water partition coefficient (Wildman–Crippen LogP) is 3.33. The molecule has 0 aromatic carbocycles. The van der Waals surface area contributed by atoms with Gasteiger partial charge >= 0.3 is 0 Å². The zero-order valence-electron chi connectivity index (χ0n) is 15.7. The molecule has 1 amide bonds. The Morgan fingerprint density at radius 3 is 2.46 bits per heavy atom. The van der Waals surface area contributed by atoms with Crippen LogP contribution in [0.5, 0.6) is 0 Å². The van der Waals surface area contributed by atoms with Gasteiger partial charge in [0.2, 0.25) is 0 Å². The molecule has 0 aliphatic rings. The lowest BCUT2D eigenvalue weighted by molar-refractivity contribution is 0.0729. The van der Waals surface area contributed by atoms with E-state index in [9.17, 15) is 4.79 Å². The van der Waals surface area contributed by atoms with Gasteiger partial charge in [0.15, 0.2) is 0 Å². The lowest BCUT2D eigenvalue weighted by Gasteiger charge is -2.24. The predicted molar refractivity (Wildman–Crippen MR) is 95.9 cm³/mol. The maximum absolute atomic E-state index is 12.8. The summed E-state index contributed by atoms with van der Waals surface area (Å²) in [5, 5.41) is 11.7. The molecule has 2 aromatic rings. The van der Waals surface area contributed by atoms with E-state index in [1.807, 2.05) is 43.5 Å². The molecule has 6 heteroatoms. The van der Waals surface area contributed by atoms with Crippen molar-refractivity contribution < 1.29 is 4.79 Å². The summed E-state index contributed by atoms with van der Waals surface area (Å²) >= 11 is 0. The number of amides is 1. The molecule has 0 fully saturated rings. The molecule has 0 saturated carbocycles. The monoisotopic (exact) mass is 331 g/mol. The van der Waals surface area contributed by atoms with Gasteiger partial charge in [-0.3, -0.25) is 14.6 Å². The van der Waals surface area contributed by atoms with Crippen LogP contribution >= 0.6 is 0 Å². The average molecular weight is 331 g/mol. The van der Waals surface area contributed by atoms with E-state index in [0.29, 0.717) is 18.2 Å². The Hall–Kier alpha value is -2.11. The van der Waals surface area contributed by atoms with Crippen LogP contribution in [-0.2, 0) is 7.05 Å². The smallest absolute Gasteiger partial charge is 0.271 e. The second-order valence-electron chi connectivity index (χ2n) is 6.36. The van der Waals surface area contributed by atoms with Gasteiger partial charge in [-0.25, -0.2) is 0 Å². The van der Waals surface area contributed by atoms with Crippen molar-refractivity contribution in [3.8, 4) is 11.3 Å². The Labute approximate surface area is 144 Å². The topological polar surface area (TPSA) is 66.8 Å². The Balaban J connectivity index is 2.24. The van der Waals surface area contributed by atoms with Crippen molar-refractivity contribution in [1.29, 1.82) is 0 Å². The van der Waals surface area contributed by atoms with Crippen LogP contribution in [0.1, 0.15) is 55.5 Å². The SMILES string of the molecule is CCC(CC)CN(CC)C(=O)c1cc(-c2c(C)nn(C)c2C)n[nH]1. The number of rotatable bonds is 7. The number of aromatic nitrogens is 4. The van der Waals surface area contributed by atoms with Gasteiger partial charge in [-0.05, 0) is 32.8 Å². The molecule has 0 aliphatic heterocycles. The number of hydrogen-bond acceptors (Lipinski definition) is 3. The van der Waals surface area contributed by atoms with Crippen molar-refractivity contribution in [2.24, 2.45) is 13.0 Å². The van der Waals surface area contributed by atoms with E-state index in [2.05, 4.69) is 29.1 Å². The summed E-state index contributed by atoms with van der Waals surface area (Å²) in [7, 11) is 1.92. The van der Waals surface area contributed by atoms with Crippen LogP contribution in [0.15, 0.2) is 6.07 Å². The van der Waals surface area contributed by atoms with E-state index >= 15 is 0 Å². The van der Waals surface area contributed by atoms with Gasteiger partial charge < -0.3 is 4.90 Å². The second-order valence-corrected chi connectivity index (χ2v) is 6.36. The maximum atomic E-state index is 12.8. The number of aromatic amines is 1. The molecule has 0 atom stereocenters. The van der Waals surface area contributed by atoms with Crippen LogP contribution in [0.3, 0.4) is 0 Å². The fourth-order valence-electron chi connectivity index (χ4n) is 3.09. The minimum absolute atomic E-state index is 0.0161. The molecule has 0 saturated heterocycles. The Morgan fingerprint density at radius 2 is 1.96 bits per heavy atom. The first-order valence-corrected chi connectivity index (χ1v) is 8.78. The number of hydrogen-bond donors (Lipinski definition) is 1. The van der Waals surface area contributed by atoms with E-state index in [1.54, 1.807) is 0 Å². The molecule has 0 unspecified atom stereocenters. The molecule has 132 valence electrons. The molecule has 0 aliphatic carbocycles. The number of carbonyl (C=O) groups excluding carboxylic acids is 1. The molecule has 2 aromatic heterocycles. The molecule has 0 radical (unpaired) electrons. The quantitative estimate of drug-likeness (QED) is 0.846. The molecule has 24 heavy (non-hydrogen) atoms. The third kappa shape index (κ3) is 3.52. The standard InChI is InChI=1S/C18H29N5O/c1-7-14(8-2)11-23(9-3)18(24)16-10-15(19-20-16)17-12(4)21-22(6)13(17)5/h10,14H,7-9,11H2,1-6H3,(H,19,20). The molecule has 1 N–H and O–H groups in total. The van der Waals surface area contributed by atoms with Gasteiger partial charge in [0.1, 0.15) is 5.69 Å². The zero-order chi connectivity index (χ0) is 17.9. The van der Waals surface area contributed by atoms with Gasteiger partial charge in [-0.15, -0.1) is 0 Å². The number of aryl methyl sites for hydroxylation is 2. The van der Waals surface area contributed by atoms with Crippen LogP contribution in [0.25, 0.3) is 11.3 Å². The minimum Gasteiger partial charge on any atom is -0.337 e. The van der Waals surface area contributed by atoms with Crippen LogP contribution in [0.2, 0.25) is 0 Å². The third-order valence-corrected chi connectivity index (χ3v) is 4.88. The van der Waals surface area contributed by atoms with E-state index in [-0.39, 0.29) is 5.91 Å². The van der Waals surface area contributed by atoms with Crippen molar-refractivity contribution in [2.45, 2.75) is 47.5 Å². The first-order chi connectivity index (χ1) is 11.4. The number of nitrogens with zero attached hydrogens (tertiary/aromatic N) is 4. The summed E-state index contributed by atoms with van der Waals surface area (Å²) in [6, 6.07) is 1.84. The van der Waals surface area contributed by atoms with E-state index in [4.69, 9.17) is 0 Å². The molecule has 6 nitrogen and oxygen atoms in total. The lowest BCUT2D eigenvalue weighted by atomic mass is 10.0. The van der Waals surface area contributed by atoms with Gasteiger partial charge in [0.05, 0.1) is 11.4 Å². The lowest BCUT2D eigenvalue weighted by Crippen LogP contribution is -2.35. The van der Waals surface area contributed by atoms with Crippen molar-refractivity contribution in [2.75, 3.05) is 13.1 Å². The molecule has 2 rings (SSSR count). The zero-order valence-corrected chi connectivity index (χ0v) is 15.7. The summed E-state index contributed by atoms with van der Waals surface area (Å²) in [6.07, 6.45) is 2.17. The van der Waals surface area contributed by atoms with Gasteiger partial charge in [0, 0.05) is 31.4 Å². The third-order valence-electron chi connectivity index (χ3n) is 4.88. The van der Waals surface area contributed by atoms with Gasteiger partial charge in [-0.2, -0.15) is 10.2 Å². The second kappa shape index (κ2) is 7.64. The van der Waals surface area contributed by atoms with Crippen molar-refractivity contribution in [1.82, 2.24) is 24.9 Å². The maximum Gasteiger partial charge on any atom is 0.271 e. The highest BCUT2D eigenvalue weighted by atomic mass is 16.2. The Bertz CT molecular complexity index is 696. The van der Waals surface area contributed by atoms with Gasteiger partial charge in [-0.1, -0.05) is 26.7 Å². The highest BCUT2D eigenvalue weighted by Gasteiger charge is 2.21. The summed E-state index contributed by atoms with van der Waals surface area (Å²) < 4.78 is 1.84. The number of H-pyrrole nitrogens is 1. The van der Waals surface area contributed by atoms with Crippen molar-refractivity contribution >= 4 is 5.91 Å². The van der Waals surface area contributed by atoms with Crippen molar-refractivity contribution in [3.63, 3.8) is 0 Å². The van der Waals surface area contributed by atoms with Gasteiger partial charge in [0.25, 0.3) is 5.91 Å². The first-order valence-electron chi connectivity index (χ1n) is 8.78. The Kier molecular flexibility index (Phi) is 5.80. The molecule has 0 bridgehead atoms. The summed E-state index contributed by atoms with van der Waals surface area (Å²) in [5.41, 5.74) is 4.28. The molecular weight excluding hydrogens is 302 g/mol. The fraction of sp³-hybridized carbons (Fsp3) is 0.611. The number of carbonyl (C=O) groups is 1. The summed E-state index contributed by atoms with van der Waals surface area (Å²) in [6.45, 7) is 11.8. The molecule has 0 spiro atoms. The van der Waals surface area contributed by atoms with Crippen LogP contribution in [-0.4, -0.2) is 43.9 Å². The minimum atomic E-state index is 0.0161. The summed E-state index contributed by atoms with van der Waals surface area (Å²) in [5.74, 6) is 0.557. The highest BCUT2D eigenvalue weighted by molar-refractivity contribution is 5.93. The molecular formula is C18H29N5O. The molecule has 2 heterocycles. The van der Waals surface area contributed by atoms with Crippen molar-refractivity contribution in [3.05, 3.63) is 23.1 Å². The average Bonchev–Trinajstić information content (AvgIpc) is 3.13.